The molecule has 0 rings (SSSR count). The highest BCUT2D eigenvalue weighted by Gasteiger charge is 2.16. The first kappa shape index (κ1) is 12.9. The monoisotopic (exact) mass is 228 g/mol. The number of rotatable bonds is 5. The van der Waals surface area contributed by atoms with E-state index in [-0.39, 0.29) is 6.10 Å². The molecule has 0 spiro atoms. The summed E-state index contributed by atoms with van der Waals surface area (Å²) in [6.45, 7) is 6.25. The fraction of sp³-hybridized carbons (Fsp3) is 1.00. The van der Waals surface area contributed by atoms with Crippen LogP contribution in [0.15, 0.2) is 0 Å². The maximum atomic E-state index is 9.20. The van der Waals surface area contributed by atoms with Crippen LogP contribution in [0.5, 0.6) is 0 Å². The van der Waals surface area contributed by atoms with Crippen LogP contribution in [-0.2, 0) is 16.3 Å². The van der Waals surface area contributed by atoms with Crippen molar-refractivity contribution >= 4 is 29.7 Å². The van der Waals surface area contributed by atoms with Crippen LogP contribution < -0.4 is 0 Å². The summed E-state index contributed by atoms with van der Waals surface area (Å²) in [5.41, 5.74) is -2.77. The summed E-state index contributed by atoms with van der Waals surface area (Å²) in [7, 11) is 0. The van der Waals surface area contributed by atoms with Crippen molar-refractivity contribution < 1.29 is 9.42 Å². The van der Waals surface area contributed by atoms with E-state index < -0.39 is 5.69 Å². The zero-order valence-electron chi connectivity index (χ0n) is 7.73. The lowest BCUT2D eigenvalue weighted by atomic mass is 10.0. The molecule has 1 N–H and O–H groups in total. The minimum atomic E-state index is -2.77. The zero-order chi connectivity index (χ0) is 9.78. The van der Waals surface area contributed by atoms with Crippen LogP contribution in [-0.4, -0.2) is 11.0 Å². The van der Waals surface area contributed by atoms with E-state index in [2.05, 4.69) is 37.9 Å². The maximum Gasteiger partial charge on any atom is 0.241 e. The van der Waals surface area contributed by atoms with Gasteiger partial charge in [-0.15, -0.1) is 0 Å². The second-order valence-electron chi connectivity index (χ2n) is 3.26. The van der Waals surface area contributed by atoms with Gasteiger partial charge in [-0.05, 0) is 30.6 Å². The second-order valence-corrected chi connectivity index (χ2v) is 8.37. The summed E-state index contributed by atoms with van der Waals surface area (Å²) < 4.78 is 5.24. The molecule has 0 saturated carbocycles. The molecule has 12 heavy (non-hydrogen) atoms. The molecule has 2 nitrogen and oxygen atoms in total. The van der Waals surface area contributed by atoms with Gasteiger partial charge in [0.1, 0.15) is 0 Å². The van der Waals surface area contributed by atoms with Crippen molar-refractivity contribution in [2.75, 3.05) is 0 Å². The van der Waals surface area contributed by atoms with Crippen LogP contribution in [0, 0.1) is 5.92 Å². The van der Waals surface area contributed by atoms with E-state index in [1.54, 1.807) is 0 Å². The number of thiol groups is 1. The van der Waals surface area contributed by atoms with Gasteiger partial charge < -0.3 is 9.42 Å². The summed E-state index contributed by atoms with van der Waals surface area (Å²) in [4.78, 5) is 9.20. The van der Waals surface area contributed by atoms with E-state index in [9.17, 15) is 4.89 Å². The molecule has 5 heteroatoms. The van der Waals surface area contributed by atoms with Crippen LogP contribution in [0.2, 0.25) is 0 Å². The Labute approximate surface area is 85.0 Å². The second kappa shape index (κ2) is 5.61. The van der Waals surface area contributed by atoms with Crippen molar-refractivity contribution in [3.05, 3.63) is 0 Å². The summed E-state index contributed by atoms with van der Waals surface area (Å²) in [5, 5.41) is 0. The van der Waals surface area contributed by atoms with Gasteiger partial charge in [0.2, 0.25) is 5.69 Å². The van der Waals surface area contributed by atoms with E-state index in [0.717, 1.165) is 12.8 Å². The summed E-state index contributed by atoms with van der Waals surface area (Å²) in [6.07, 6.45) is 1.85. The molecule has 0 heterocycles. The Morgan fingerprint density at radius 1 is 1.58 bits per heavy atom. The Balaban J connectivity index is 3.92. The molecule has 0 fully saturated rings. The van der Waals surface area contributed by atoms with Crippen LogP contribution >= 0.6 is 17.9 Å². The van der Waals surface area contributed by atoms with Crippen molar-refractivity contribution in [3.63, 3.8) is 0 Å². The summed E-state index contributed by atoms with van der Waals surface area (Å²) >= 11 is 8.52. The Bertz CT molecular complexity index is 167. The summed E-state index contributed by atoms with van der Waals surface area (Å²) in [5.74, 6) is 0.560. The molecular formula is C7H17O2PS2. The SMILES string of the molecule is CCC(CC(C)C)OP(O)(=S)S. The maximum absolute atomic E-state index is 9.20. The molecule has 0 amide bonds. The van der Waals surface area contributed by atoms with Gasteiger partial charge in [0.05, 0.1) is 6.10 Å². The van der Waals surface area contributed by atoms with Gasteiger partial charge >= 0.3 is 0 Å². The van der Waals surface area contributed by atoms with Gasteiger partial charge in [-0.1, -0.05) is 33.0 Å². The lowest BCUT2D eigenvalue weighted by molar-refractivity contribution is 0.176. The Morgan fingerprint density at radius 2 is 2.08 bits per heavy atom. The lowest BCUT2D eigenvalue weighted by Gasteiger charge is -2.20. The minimum absolute atomic E-state index is 0.0540. The molecule has 0 aliphatic rings. The predicted molar refractivity (Wildman–Crippen MR) is 60.1 cm³/mol. The molecule has 0 aliphatic heterocycles. The van der Waals surface area contributed by atoms with Gasteiger partial charge in [0.25, 0.3) is 0 Å². The van der Waals surface area contributed by atoms with Gasteiger partial charge in [0, 0.05) is 0 Å². The average Bonchev–Trinajstić information content (AvgIpc) is 1.82. The van der Waals surface area contributed by atoms with Crippen molar-refractivity contribution in [2.24, 2.45) is 5.92 Å². The summed E-state index contributed by atoms with van der Waals surface area (Å²) in [6, 6.07) is 0. The smallest absolute Gasteiger partial charge is 0.241 e. The molecule has 0 saturated heterocycles. The Hall–Kier alpha value is 0.920. The quantitative estimate of drug-likeness (QED) is 0.560. The van der Waals surface area contributed by atoms with Gasteiger partial charge in [-0.2, -0.15) is 0 Å². The molecule has 0 aliphatic carbocycles. The van der Waals surface area contributed by atoms with Crippen LogP contribution in [0.25, 0.3) is 0 Å². The van der Waals surface area contributed by atoms with Gasteiger partial charge in [0.15, 0.2) is 0 Å². The standard InChI is InChI=1S/C7H17O2PS2/c1-4-7(5-6(2)3)9-10(8,11)12/h6-7H,4-5H2,1-3H3,(H2,8,11,12). The highest BCUT2D eigenvalue weighted by molar-refractivity contribution is 8.59. The normalized spacial score (nSPS) is 19.2. The van der Waals surface area contributed by atoms with Crippen LogP contribution in [0.3, 0.4) is 0 Å². The zero-order valence-corrected chi connectivity index (χ0v) is 10.3. The third kappa shape index (κ3) is 7.56. The molecule has 2 atom stereocenters. The molecule has 74 valence electrons. The van der Waals surface area contributed by atoms with E-state index in [1.165, 1.54) is 0 Å². The first-order valence-corrected chi connectivity index (χ1v) is 7.91. The van der Waals surface area contributed by atoms with Crippen LogP contribution in [0.1, 0.15) is 33.6 Å². The van der Waals surface area contributed by atoms with E-state index >= 15 is 0 Å². The third-order valence-corrected chi connectivity index (χ3v) is 2.59. The molecule has 0 aromatic heterocycles. The molecule has 0 aromatic rings. The molecule has 0 aromatic carbocycles. The van der Waals surface area contributed by atoms with E-state index in [1.807, 2.05) is 6.92 Å². The van der Waals surface area contributed by atoms with Crippen LogP contribution in [0.4, 0.5) is 0 Å². The molecule has 0 radical (unpaired) electrons. The lowest BCUT2D eigenvalue weighted by Crippen LogP contribution is -2.11. The van der Waals surface area contributed by atoms with E-state index in [0.29, 0.717) is 5.92 Å². The highest BCUT2D eigenvalue weighted by atomic mass is 32.9. The first-order chi connectivity index (χ1) is 5.35. The average molecular weight is 228 g/mol. The highest BCUT2D eigenvalue weighted by Crippen LogP contribution is 2.49. The fourth-order valence-electron chi connectivity index (χ4n) is 1.00. The van der Waals surface area contributed by atoms with E-state index in [4.69, 9.17) is 4.52 Å². The molecular weight excluding hydrogens is 211 g/mol. The predicted octanol–water partition coefficient (Wildman–Crippen LogP) is 2.97. The van der Waals surface area contributed by atoms with Crippen molar-refractivity contribution in [2.45, 2.75) is 39.7 Å². The largest absolute Gasteiger partial charge is 0.338 e. The van der Waals surface area contributed by atoms with Crippen molar-refractivity contribution in [1.29, 1.82) is 0 Å². The van der Waals surface area contributed by atoms with Crippen molar-refractivity contribution in [1.82, 2.24) is 0 Å². The Kier molecular flexibility index (Phi) is 6.04. The Morgan fingerprint density at radius 3 is 2.33 bits per heavy atom. The number of hydrogen-bond acceptors (Lipinski definition) is 2. The fourth-order valence-corrected chi connectivity index (χ4v) is 2.39. The first-order valence-electron chi connectivity index (χ1n) is 4.09. The van der Waals surface area contributed by atoms with Gasteiger partial charge in [-0.3, -0.25) is 0 Å². The number of hydrogen-bond donors (Lipinski definition) is 2. The third-order valence-electron chi connectivity index (χ3n) is 1.48. The molecule has 2 unspecified atom stereocenters. The minimum Gasteiger partial charge on any atom is -0.338 e. The van der Waals surface area contributed by atoms with Crippen molar-refractivity contribution in [3.8, 4) is 0 Å². The van der Waals surface area contributed by atoms with Gasteiger partial charge in [-0.25, -0.2) is 0 Å². The topological polar surface area (TPSA) is 29.5 Å². The molecule has 0 bridgehead atoms.